The van der Waals surface area contributed by atoms with Crippen LogP contribution in [0.15, 0.2) is 12.1 Å². The van der Waals surface area contributed by atoms with Gasteiger partial charge in [-0.3, -0.25) is 4.79 Å². The Hall–Kier alpha value is -1.55. The molecule has 1 saturated carbocycles. The van der Waals surface area contributed by atoms with E-state index in [1.807, 2.05) is 0 Å². The van der Waals surface area contributed by atoms with Gasteiger partial charge in [-0.2, -0.15) is 0 Å². The van der Waals surface area contributed by atoms with Gasteiger partial charge in [-0.25, -0.2) is 0 Å². The van der Waals surface area contributed by atoms with Crippen LogP contribution in [-0.4, -0.2) is 43.4 Å². The second-order valence-electron chi connectivity index (χ2n) is 6.49. The molecular formula is C18H21NO3. The summed E-state index contributed by atoms with van der Waals surface area (Å²) in [7, 11) is -0.970. The summed E-state index contributed by atoms with van der Waals surface area (Å²) in [6.45, 7) is 0.448. The fourth-order valence-electron chi connectivity index (χ4n) is 4.70. The van der Waals surface area contributed by atoms with E-state index in [-0.39, 0.29) is 17.9 Å². The third-order valence-corrected chi connectivity index (χ3v) is 5.67. The number of methoxy groups -OCH3 is 1. The number of hydrogen-bond acceptors (Lipinski definition) is 4. The van der Waals surface area contributed by atoms with Gasteiger partial charge in [0.05, 0.1) is 11.2 Å². The molecule has 4 nitrogen and oxygen atoms in total. The minimum atomic E-state index is -2.73. The molecule has 1 spiro atoms. The summed E-state index contributed by atoms with van der Waals surface area (Å²) in [6.07, 6.45) is -3.50. The van der Waals surface area contributed by atoms with Crippen molar-refractivity contribution in [3.05, 3.63) is 23.3 Å². The summed E-state index contributed by atoms with van der Waals surface area (Å²) < 4.78 is 68.6. The molecule has 2 heterocycles. The molecule has 2 aliphatic carbocycles. The third-order valence-electron chi connectivity index (χ3n) is 5.67. The Morgan fingerprint density at radius 1 is 1.59 bits per heavy atom. The average molecular weight is 306 g/mol. The number of piperidine rings is 1. The molecule has 0 radical (unpaired) electrons. The second kappa shape index (κ2) is 4.05. The highest BCUT2D eigenvalue weighted by Gasteiger charge is 2.65. The number of ketones is 1. The lowest BCUT2D eigenvalue weighted by Crippen LogP contribution is -2.65. The zero-order valence-corrected chi connectivity index (χ0v) is 12.2. The molecule has 0 N–H and O–H groups in total. The number of likely N-dealkylation sites (N-methyl/N-ethyl adjacent to an activating group) is 1. The third kappa shape index (κ3) is 1.27. The monoisotopic (exact) mass is 306 g/mol. The van der Waals surface area contributed by atoms with Crippen LogP contribution in [0.4, 0.5) is 0 Å². The van der Waals surface area contributed by atoms with Gasteiger partial charge in [0.25, 0.3) is 0 Å². The zero-order valence-electron chi connectivity index (χ0n) is 19.2. The lowest BCUT2D eigenvalue weighted by atomic mass is 9.52. The van der Waals surface area contributed by atoms with E-state index >= 15 is 0 Å². The molecular weight excluding hydrogens is 278 g/mol. The molecule has 0 amide bonds. The summed E-state index contributed by atoms with van der Waals surface area (Å²) >= 11 is 0. The Kier molecular flexibility index (Phi) is 1.44. The molecule has 1 saturated heterocycles. The fraction of sp³-hybridized carbons (Fsp3) is 0.611. The molecule has 4 heteroatoms. The summed E-state index contributed by atoms with van der Waals surface area (Å²) in [6, 6.07) is 1.70. The van der Waals surface area contributed by atoms with Crippen LogP contribution in [-0.2, 0) is 16.6 Å². The van der Waals surface area contributed by atoms with Crippen LogP contribution >= 0.6 is 0 Å². The number of carbonyl (C=O) groups excluding carboxylic acids is 1. The largest absolute Gasteiger partial charge is 0.493 e. The molecule has 116 valence electrons. The normalized spacial score (nSPS) is 52.7. The smallest absolute Gasteiger partial charge is 0.174 e. The van der Waals surface area contributed by atoms with Crippen molar-refractivity contribution in [2.45, 2.75) is 43.2 Å². The van der Waals surface area contributed by atoms with Gasteiger partial charge >= 0.3 is 0 Å². The van der Waals surface area contributed by atoms with Crippen molar-refractivity contribution in [3.63, 3.8) is 0 Å². The number of nitrogens with zero attached hydrogens (tertiary/aromatic N) is 1. The van der Waals surface area contributed by atoms with Crippen LogP contribution in [0.5, 0.6) is 11.5 Å². The summed E-state index contributed by atoms with van der Waals surface area (Å²) in [5, 5.41) is 0. The van der Waals surface area contributed by atoms with Gasteiger partial charge < -0.3 is 14.4 Å². The number of benzene rings is 1. The lowest BCUT2D eigenvalue weighted by Gasteiger charge is -2.57. The standard InChI is InChI=1S/C18H21NO3/c1-19-8-7-18-11-4-5-13(20)17(18)22-16-14(21-2)6-3-10(15(16)18)9-12(11)19/h3,6,11-12,17H,4-5,7-9H2,1-2H3/t11-,12+,17?,18-/m0/s1/i2D3,5D2,11D,12D. The first-order valence-corrected chi connectivity index (χ1v) is 7.55. The van der Waals surface area contributed by atoms with Crippen LogP contribution in [0.1, 0.15) is 39.9 Å². The maximum absolute atomic E-state index is 13.1. The molecule has 22 heavy (non-hydrogen) atoms. The van der Waals surface area contributed by atoms with E-state index in [1.54, 1.807) is 18.0 Å². The molecule has 1 aromatic carbocycles. The molecule has 4 aliphatic rings. The van der Waals surface area contributed by atoms with Crippen molar-refractivity contribution in [1.29, 1.82) is 0 Å². The Morgan fingerprint density at radius 3 is 3.36 bits per heavy atom. The minimum Gasteiger partial charge on any atom is -0.493 e. The molecule has 4 atom stereocenters. The quantitative estimate of drug-likeness (QED) is 0.795. The first-order valence-electron chi connectivity index (χ1n) is 11.0. The zero-order chi connectivity index (χ0) is 21.2. The van der Waals surface area contributed by atoms with Crippen molar-refractivity contribution in [2.24, 2.45) is 5.89 Å². The van der Waals surface area contributed by atoms with Crippen LogP contribution in [0.3, 0.4) is 0 Å². The molecule has 5 rings (SSSR count). The van der Waals surface area contributed by atoms with E-state index in [0.717, 1.165) is 5.56 Å². The maximum Gasteiger partial charge on any atom is 0.174 e. The highest BCUT2D eigenvalue weighted by molar-refractivity contribution is 5.89. The number of ether oxygens (including phenoxy) is 2. The number of likely N-dealkylation sites (tertiary alicyclic amines) is 1. The average Bonchev–Trinajstić information content (AvgIpc) is 2.93. The highest BCUT2D eigenvalue weighted by Crippen LogP contribution is 2.62. The van der Waals surface area contributed by atoms with Crippen molar-refractivity contribution in [3.8, 4) is 11.5 Å². The number of carbonyl (C=O) groups is 1. The van der Waals surface area contributed by atoms with E-state index in [4.69, 9.17) is 16.3 Å². The van der Waals surface area contributed by atoms with Gasteiger partial charge in [-0.05, 0) is 50.4 Å². The van der Waals surface area contributed by atoms with E-state index in [0.29, 0.717) is 18.5 Å². The van der Waals surface area contributed by atoms with Crippen LogP contribution < -0.4 is 9.47 Å². The second-order valence-corrected chi connectivity index (χ2v) is 6.49. The highest BCUT2D eigenvalue weighted by atomic mass is 16.5. The Labute approximate surface area is 140 Å². The van der Waals surface area contributed by atoms with E-state index in [9.17, 15) is 7.54 Å². The molecule has 0 aromatic heterocycles. The van der Waals surface area contributed by atoms with Crippen LogP contribution in [0.25, 0.3) is 0 Å². The predicted octanol–water partition coefficient (Wildman–Crippen LogP) is 1.93. The number of Topliss-reactive ketones (excluding diaryl/α,β-unsaturated/α-hetero) is 1. The van der Waals surface area contributed by atoms with Gasteiger partial charge in [-0.15, -0.1) is 0 Å². The van der Waals surface area contributed by atoms with Gasteiger partial charge in [-0.1, -0.05) is 6.07 Å². The molecule has 2 bridgehead atoms. The molecule has 1 unspecified atom stereocenters. The first kappa shape index (κ1) is 7.82. The summed E-state index contributed by atoms with van der Waals surface area (Å²) in [4.78, 5) is 14.9. The van der Waals surface area contributed by atoms with Crippen molar-refractivity contribution in [2.75, 3.05) is 20.6 Å². The van der Waals surface area contributed by atoms with Crippen molar-refractivity contribution >= 4 is 5.78 Å². The lowest BCUT2D eigenvalue weighted by molar-refractivity contribution is -0.138. The van der Waals surface area contributed by atoms with Gasteiger partial charge in [0, 0.05) is 28.9 Å². The van der Waals surface area contributed by atoms with E-state index in [2.05, 4.69) is 0 Å². The maximum atomic E-state index is 13.1. The Morgan fingerprint density at radius 2 is 2.50 bits per heavy atom. The molecule has 2 aliphatic heterocycles. The summed E-state index contributed by atoms with van der Waals surface area (Å²) in [5.74, 6) is -2.33. The molecule has 1 aromatic rings. The van der Waals surface area contributed by atoms with Crippen LogP contribution in [0.2, 0.25) is 0 Å². The van der Waals surface area contributed by atoms with Crippen molar-refractivity contribution < 1.29 is 23.9 Å². The van der Waals surface area contributed by atoms with Crippen molar-refractivity contribution in [1.82, 2.24) is 4.90 Å². The Bertz CT molecular complexity index is 950. The van der Waals surface area contributed by atoms with Gasteiger partial charge in [0.15, 0.2) is 23.4 Å². The topological polar surface area (TPSA) is 38.8 Å². The van der Waals surface area contributed by atoms with Gasteiger partial charge in [0.1, 0.15) is 0 Å². The van der Waals surface area contributed by atoms with E-state index < -0.39 is 49.0 Å². The Balaban J connectivity index is 1.83. The SMILES string of the molecule is [2H]C([2H])([2H])Oc1ccc2c3c1OC1C(=O)C([2H])([2H])C[C@]4([2H])[C@@]31CCN(C)[C@]4([2H])C2. The van der Waals surface area contributed by atoms with Gasteiger partial charge in [0.2, 0.25) is 0 Å². The van der Waals surface area contributed by atoms with Crippen LogP contribution in [0, 0.1) is 5.89 Å². The fourth-order valence-corrected chi connectivity index (χ4v) is 4.70. The summed E-state index contributed by atoms with van der Waals surface area (Å²) in [5.41, 5.74) is 0.0696. The number of hydrogen-bond donors (Lipinski definition) is 0. The predicted molar refractivity (Wildman–Crippen MR) is 81.6 cm³/mol. The minimum absolute atomic E-state index is 0.0420. The first-order chi connectivity index (χ1) is 13.3. The van der Waals surface area contributed by atoms with E-state index in [1.165, 1.54) is 6.07 Å². The number of rotatable bonds is 1. The molecule has 2 fully saturated rings.